The normalized spacial score (nSPS) is 10.9. The summed E-state index contributed by atoms with van der Waals surface area (Å²) in [5.74, 6) is 1.03. The molecule has 0 fully saturated rings. The summed E-state index contributed by atoms with van der Waals surface area (Å²) in [6, 6.07) is 9.57. The summed E-state index contributed by atoms with van der Waals surface area (Å²) in [6.45, 7) is 3.56. The molecule has 2 rings (SSSR count). The quantitative estimate of drug-likeness (QED) is 0.694. The molecule has 0 atom stereocenters. The third-order valence-electron chi connectivity index (χ3n) is 3.07. The maximum atomic E-state index is 11.9. The summed E-state index contributed by atoms with van der Waals surface area (Å²) in [4.78, 5) is 13.9. The zero-order valence-electron chi connectivity index (χ0n) is 12.7. The molecule has 0 aliphatic heterocycles. The lowest BCUT2D eigenvalue weighted by atomic mass is 10.2. The zero-order chi connectivity index (χ0) is 15.4. The molecule has 0 unspecified atom stereocenters. The Morgan fingerprint density at radius 1 is 1.24 bits per heavy atom. The van der Waals surface area contributed by atoms with Crippen LogP contribution in [0, 0.1) is 13.8 Å². The molecule has 5 nitrogen and oxygen atoms in total. The van der Waals surface area contributed by atoms with E-state index < -0.39 is 0 Å². The van der Waals surface area contributed by atoms with Crippen molar-refractivity contribution in [2.75, 3.05) is 19.0 Å². The van der Waals surface area contributed by atoms with Crippen LogP contribution in [0.15, 0.2) is 39.9 Å². The van der Waals surface area contributed by atoms with Crippen molar-refractivity contribution < 1.29 is 9.21 Å². The number of anilines is 1. The Hall–Kier alpha value is -2.56. The Balaban J connectivity index is 1.99. The summed E-state index contributed by atoms with van der Waals surface area (Å²) in [7, 11) is 3.97. The fraction of sp³-hybridized carbons (Fsp3) is 0.250. The van der Waals surface area contributed by atoms with Gasteiger partial charge < -0.3 is 9.32 Å². The van der Waals surface area contributed by atoms with E-state index in [9.17, 15) is 4.79 Å². The zero-order valence-corrected chi connectivity index (χ0v) is 12.7. The fourth-order valence-electron chi connectivity index (χ4n) is 1.94. The number of benzene rings is 1. The highest BCUT2D eigenvalue weighted by Crippen LogP contribution is 2.13. The molecule has 0 bridgehead atoms. The first-order chi connectivity index (χ1) is 9.97. The third kappa shape index (κ3) is 3.72. The van der Waals surface area contributed by atoms with E-state index in [0.717, 1.165) is 11.3 Å². The van der Waals surface area contributed by atoms with Gasteiger partial charge in [0.15, 0.2) is 0 Å². The van der Waals surface area contributed by atoms with Crippen LogP contribution in [0.3, 0.4) is 0 Å². The van der Waals surface area contributed by atoms with Gasteiger partial charge in [0.25, 0.3) is 5.91 Å². The van der Waals surface area contributed by atoms with E-state index in [-0.39, 0.29) is 5.91 Å². The second kappa shape index (κ2) is 6.26. The minimum absolute atomic E-state index is 0.273. The van der Waals surface area contributed by atoms with Crippen LogP contribution in [-0.4, -0.2) is 26.2 Å². The van der Waals surface area contributed by atoms with Crippen LogP contribution < -0.4 is 10.3 Å². The van der Waals surface area contributed by atoms with Gasteiger partial charge in [0.2, 0.25) is 0 Å². The average molecular weight is 285 g/mol. The number of amides is 1. The first-order valence-corrected chi connectivity index (χ1v) is 6.65. The van der Waals surface area contributed by atoms with E-state index in [1.165, 1.54) is 0 Å². The predicted octanol–water partition coefficient (Wildman–Crippen LogP) is 2.73. The molecule has 5 heteroatoms. The van der Waals surface area contributed by atoms with Gasteiger partial charge in [-0.15, -0.1) is 0 Å². The topological polar surface area (TPSA) is 57.8 Å². The van der Waals surface area contributed by atoms with Crippen molar-refractivity contribution in [1.29, 1.82) is 0 Å². The molecule has 110 valence electrons. The first kappa shape index (κ1) is 14.8. The fourth-order valence-corrected chi connectivity index (χ4v) is 1.94. The molecule has 1 aromatic heterocycles. The number of carbonyl (C=O) groups is 1. The molecule has 0 radical (unpaired) electrons. The van der Waals surface area contributed by atoms with Crippen LogP contribution >= 0.6 is 0 Å². The number of hydrazone groups is 1. The van der Waals surface area contributed by atoms with Gasteiger partial charge in [-0.05, 0) is 37.6 Å². The highest BCUT2D eigenvalue weighted by molar-refractivity contribution is 5.95. The summed E-state index contributed by atoms with van der Waals surface area (Å²) in [6.07, 6.45) is 1.61. The lowest BCUT2D eigenvalue weighted by molar-refractivity contribution is 0.0953. The van der Waals surface area contributed by atoms with Crippen molar-refractivity contribution in [3.05, 3.63) is 53.0 Å². The SMILES string of the molecule is Cc1cc(C(=O)N/N=C/c2ccc(N(C)C)cc2)c(C)o1. The predicted molar refractivity (Wildman–Crippen MR) is 84.0 cm³/mol. The Bertz CT molecular complexity index is 655. The molecule has 1 N–H and O–H groups in total. The Morgan fingerprint density at radius 3 is 2.43 bits per heavy atom. The smallest absolute Gasteiger partial charge is 0.274 e. The van der Waals surface area contributed by atoms with Crippen molar-refractivity contribution in [3.8, 4) is 0 Å². The Kier molecular flexibility index (Phi) is 4.42. The van der Waals surface area contributed by atoms with Crippen LogP contribution in [0.25, 0.3) is 0 Å². The lowest BCUT2D eigenvalue weighted by Crippen LogP contribution is -2.17. The van der Waals surface area contributed by atoms with Crippen LogP contribution in [0.5, 0.6) is 0 Å². The third-order valence-corrected chi connectivity index (χ3v) is 3.07. The second-order valence-electron chi connectivity index (χ2n) is 5.01. The van der Waals surface area contributed by atoms with Crippen molar-refractivity contribution in [2.24, 2.45) is 5.10 Å². The molecule has 1 amide bonds. The average Bonchev–Trinajstić information content (AvgIpc) is 2.78. The van der Waals surface area contributed by atoms with Crippen LogP contribution in [-0.2, 0) is 0 Å². The highest BCUT2D eigenvalue weighted by atomic mass is 16.3. The molecule has 1 aromatic carbocycles. The number of hydrogen-bond acceptors (Lipinski definition) is 4. The lowest BCUT2D eigenvalue weighted by Gasteiger charge is -2.11. The molecule has 0 saturated heterocycles. The number of aryl methyl sites for hydroxylation is 2. The van der Waals surface area contributed by atoms with Crippen molar-refractivity contribution in [1.82, 2.24) is 5.43 Å². The van der Waals surface area contributed by atoms with Gasteiger partial charge in [-0.1, -0.05) is 12.1 Å². The minimum atomic E-state index is -0.273. The number of rotatable bonds is 4. The molecule has 0 aliphatic carbocycles. The summed E-state index contributed by atoms with van der Waals surface area (Å²) < 4.78 is 5.32. The van der Waals surface area contributed by atoms with Gasteiger partial charge in [0.1, 0.15) is 11.5 Å². The number of nitrogens with one attached hydrogen (secondary N) is 1. The molecule has 0 aliphatic rings. The minimum Gasteiger partial charge on any atom is -0.466 e. The highest BCUT2D eigenvalue weighted by Gasteiger charge is 2.12. The Morgan fingerprint density at radius 2 is 1.90 bits per heavy atom. The van der Waals surface area contributed by atoms with Crippen LogP contribution in [0.4, 0.5) is 5.69 Å². The van der Waals surface area contributed by atoms with Gasteiger partial charge in [0, 0.05) is 19.8 Å². The van der Waals surface area contributed by atoms with Gasteiger partial charge in [0.05, 0.1) is 11.8 Å². The van der Waals surface area contributed by atoms with E-state index in [4.69, 9.17) is 4.42 Å². The van der Waals surface area contributed by atoms with Crippen molar-refractivity contribution in [2.45, 2.75) is 13.8 Å². The van der Waals surface area contributed by atoms with E-state index in [1.807, 2.05) is 43.3 Å². The van der Waals surface area contributed by atoms with E-state index in [0.29, 0.717) is 17.1 Å². The Labute approximate surface area is 124 Å². The number of nitrogens with zero attached hydrogens (tertiary/aromatic N) is 2. The molecule has 1 heterocycles. The standard InChI is InChI=1S/C16H19N3O2/c1-11-9-15(12(2)21-11)16(20)18-17-10-13-5-7-14(8-6-13)19(3)4/h5-10H,1-4H3,(H,18,20)/b17-10+. The van der Waals surface area contributed by atoms with E-state index in [2.05, 4.69) is 10.5 Å². The van der Waals surface area contributed by atoms with E-state index >= 15 is 0 Å². The molecule has 0 spiro atoms. The van der Waals surface area contributed by atoms with Crippen molar-refractivity contribution >= 4 is 17.8 Å². The molecule has 2 aromatic rings. The maximum absolute atomic E-state index is 11.9. The number of carbonyl (C=O) groups excluding carboxylic acids is 1. The van der Waals surface area contributed by atoms with Crippen molar-refractivity contribution in [3.63, 3.8) is 0 Å². The molecule has 0 saturated carbocycles. The van der Waals surface area contributed by atoms with Crippen LogP contribution in [0.2, 0.25) is 0 Å². The summed E-state index contributed by atoms with van der Waals surface area (Å²) in [5.41, 5.74) is 5.04. The molecular formula is C16H19N3O2. The van der Waals surface area contributed by atoms with Gasteiger partial charge in [-0.2, -0.15) is 5.10 Å². The van der Waals surface area contributed by atoms with Gasteiger partial charge in [-0.25, -0.2) is 5.43 Å². The van der Waals surface area contributed by atoms with Crippen LogP contribution in [0.1, 0.15) is 27.4 Å². The summed E-state index contributed by atoms with van der Waals surface area (Å²) >= 11 is 0. The van der Waals surface area contributed by atoms with E-state index in [1.54, 1.807) is 26.1 Å². The van der Waals surface area contributed by atoms with Gasteiger partial charge >= 0.3 is 0 Å². The second-order valence-corrected chi connectivity index (χ2v) is 5.01. The number of hydrogen-bond donors (Lipinski definition) is 1. The van der Waals surface area contributed by atoms with Gasteiger partial charge in [-0.3, -0.25) is 4.79 Å². The largest absolute Gasteiger partial charge is 0.466 e. The molecule has 21 heavy (non-hydrogen) atoms. The monoisotopic (exact) mass is 285 g/mol. The maximum Gasteiger partial charge on any atom is 0.274 e. The number of furan rings is 1. The first-order valence-electron chi connectivity index (χ1n) is 6.65. The molecular weight excluding hydrogens is 266 g/mol. The summed E-state index contributed by atoms with van der Waals surface area (Å²) in [5, 5.41) is 3.96.